The van der Waals surface area contributed by atoms with Gasteiger partial charge in [-0.2, -0.15) is 0 Å². The lowest BCUT2D eigenvalue weighted by Gasteiger charge is -2.46. The molecule has 4 nitrogen and oxygen atoms in total. The van der Waals surface area contributed by atoms with E-state index in [1.165, 1.54) is 5.56 Å². The van der Waals surface area contributed by atoms with Crippen LogP contribution in [-0.4, -0.2) is 49.8 Å². The Morgan fingerprint density at radius 2 is 2.00 bits per heavy atom. The molecule has 1 aromatic carbocycles. The van der Waals surface area contributed by atoms with Crippen molar-refractivity contribution in [2.24, 2.45) is 0 Å². The van der Waals surface area contributed by atoms with Crippen LogP contribution in [-0.2, 0) is 19.7 Å². The zero-order valence-corrected chi connectivity index (χ0v) is 16.4. The van der Waals surface area contributed by atoms with Crippen LogP contribution >= 0.6 is 0 Å². The van der Waals surface area contributed by atoms with Crippen LogP contribution in [0.5, 0.6) is 0 Å². The Morgan fingerprint density at radius 1 is 1.32 bits per heavy atom. The van der Waals surface area contributed by atoms with E-state index >= 15 is 0 Å². The van der Waals surface area contributed by atoms with Gasteiger partial charge < -0.3 is 14.4 Å². The van der Waals surface area contributed by atoms with Gasteiger partial charge in [0.05, 0.1) is 12.0 Å². The van der Waals surface area contributed by atoms with Crippen LogP contribution in [0.15, 0.2) is 30.3 Å². The molecule has 4 heteroatoms. The molecular weight excluding hydrogens is 314 g/mol. The van der Waals surface area contributed by atoms with E-state index in [9.17, 15) is 4.79 Å². The fourth-order valence-electron chi connectivity index (χ4n) is 3.96. The lowest BCUT2D eigenvalue weighted by Crippen LogP contribution is -2.47. The van der Waals surface area contributed by atoms with E-state index in [0.29, 0.717) is 13.0 Å². The van der Waals surface area contributed by atoms with E-state index in [0.717, 1.165) is 25.8 Å². The van der Waals surface area contributed by atoms with Crippen LogP contribution < -0.4 is 0 Å². The number of hydrogen-bond acceptors (Lipinski definition) is 4. The highest BCUT2D eigenvalue weighted by molar-refractivity contribution is 5.72. The summed E-state index contributed by atoms with van der Waals surface area (Å²) in [6, 6.07) is 10.4. The molecule has 1 heterocycles. The summed E-state index contributed by atoms with van der Waals surface area (Å²) in [5.74, 6) is -0.112. The van der Waals surface area contributed by atoms with Crippen LogP contribution in [0.4, 0.5) is 0 Å². The van der Waals surface area contributed by atoms with Gasteiger partial charge in [-0.25, -0.2) is 0 Å². The minimum absolute atomic E-state index is 0.104. The molecule has 25 heavy (non-hydrogen) atoms. The van der Waals surface area contributed by atoms with Crippen LogP contribution in [0, 0.1) is 0 Å². The maximum Gasteiger partial charge on any atom is 0.307 e. The zero-order chi connectivity index (χ0) is 18.5. The maximum atomic E-state index is 12.7. The second-order valence-electron chi connectivity index (χ2n) is 7.96. The molecule has 1 aliphatic rings. The van der Waals surface area contributed by atoms with E-state index in [4.69, 9.17) is 9.47 Å². The van der Waals surface area contributed by atoms with Crippen LogP contribution in [0.1, 0.15) is 52.0 Å². The number of hydrogen-bond donors (Lipinski definition) is 0. The van der Waals surface area contributed by atoms with E-state index in [1.807, 2.05) is 32.0 Å². The summed E-state index contributed by atoms with van der Waals surface area (Å²) < 4.78 is 11.7. The smallest absolute Gasteiger partial charge is 0.307 e. The second kappa shape index (κ2) is 8.33. The van der Waals surface area contributed by atoms with Gasteiger partial charge in [0.15, 0.2) is 0 Å². The van der Waals surface area contributed by atoms with Gasteiger partial charge in [-0.3, -0.25) is 4.79 Å². The van der Waals surface area contributed by atoms with E-state index in [-0.39, 0.29) is 23.1 Å². The Morgan fingerprint density at radius 3 is 2.60 bits per heavy atom. The quantitative estimate of drug-likeness (QED) is 0.704. The first-order valence-corrected chi connectivity index (χ1v) is 9.32. The van der Waals surface area contributed by atoms with Crippen molar-refractivity contribution in [3.63, 3.8) is 0 Å². The Hall–Kier alpha value is -1.39. The third-order valence-electron chi connectivity index (χ3n) is 5.32. The van der Waals surface area contributed by atoms with Crippen molar-refractivity contribution in [3.8, 4) is 0 Å². The Labute approximate surface area is 152 Å². The van der Waals surface area contributed by atoms with Gasteiger partial charge in [-0.05, 0) is 52.8 Å². The van der Waals surface area contributed by atoms with Crippen LogP contribution in [0.3, 0.4) is 0 Å². The molecule has 0 radical (unpaired) electrons. The summed E-state index contributed by atoms with van der Waals surface area (Å²) in [6.07, 6.45) is 2.94. The monoisotopic (exact) mass is 347 g/mol. The third kappa shape index (κ3) is 5.29. The summed E-state index contributed by atoms with van der Waals surface area (Å²) in [7, 11) is 3.97. The predicted molar refractivity (Wildman–Crippen MR) is 101 cm³/mol. The first-order valence-electron chi connectivity index (χ1n) is 9.32. The number of carbonyl (C=O) groups excluding carboxylic acids is 1. The Bertz CT molecular complexity index is 560. The highest BCUT2D eigenvalue weighted by atomic mass is 16.5. The molecule has 1 saturated heterocycles. The van der Waals surface area contributed by atoms with Gasteiger partial charge in [0.2, 0.25) is 0 Å². The van der Waals surface area contributed by atoms with Crippen molar-refractivity contribution in [2.75, 3.05) is 27.2 Å². The number of benzene rings is 1. The SMILES string of the molecule is CC[C@]1(C)C[C@](CC(=O)O[C@@H](C)CN(C)C)(c2ccccc2)CCO1. The molecule has 0 N–H and O–H groups in total. The predicted octanol–water partition coefficient (Wildman–Crippen LogP) is 3.79. The summed E-state index contributed by atoms with van der Waals surface area (Å²) in [5, 5.41) is 0. The fourth-order valence-corrected chi connectivity index (χ4v) is 3.96. The fraction of sp³-hybridized carbons (Fsp3) is 0.667. The molecule has 0 aliphatic carbocycles. The first kappa shape index (κ1) is 19.9. The summed E-state index contributed by atoms with van der Waals surface area (Å²) >= 11 is 0. The largest absolute Gasteiger partial charge is 0.461 e. The lowest BCUT2D eigenvalue weighted by molar-refractivity contribution is -0.154. The first-order chi connectivity index (χ1) is 11.8. The summed E-state index contributed by atoms with van der Waals surface area (Å²) in [6.45, 7) is 7.68. The van der Waals surface area contributed by atoms with Gasteiger partial charge in [-0.15, -0.1) is 0 Å². The molecule has 3 atom stereocenters. The van der Waals surface area contributed by atoms with Gasteiger partial charge in [0.1, 0.15) is 6.10 Å². The van der Waals surface area contributed by atoms with Crippen molar-refractivity contribution in [1.29, 1.82) is 0 Å². The minimum atomic E-state index is -0.209. The maximum absolute atomic E-state index is 12.7. The summed E-state index contributed by atoms with van der Waals surface area (Å²) in [5.41, 5.74) is 0.818. The normalized spacial score (nSPS) is 27.9. The molecule has 2 rings (SSSR count). The Balaban J connectivity index is 2.20. The zero-order valence-electron chi connectivity index (χ0n) is 16.4. The average molecular weight is 347 g/mol. The molecule has 1 fully saturated rings. The van der Waals surface area contributed by atoms with Crippen molar-refractivity contribution < 1.29 is 14.3 Å². The number of likely N-dealkylation sites (N-methyl/N-ethyl adjacent to an activating group) is 1. The Kier molecular flexibility index (Phi) is 6.64. The number of esters is 1. The molecule has 1 aliphatic heterocycles. The highest BCUT2D eigenvalue weighted by Crippen LogP contribution is 2.45. The molecule has 140 valence electrons. The summed E-state index contributed by atoms with van der Waals surface area (Å²) in [4.78, 5) is 14.7. The molecule has 0 aromatic heterocycles. The second-order valence-corrected chi connectivity index (χ2v) is 7.96. The average Bonchev–Trinajstić information content (AvgIpc) is 2.54. The molecule has 0 bridgehead atoms. The third-order valence-corrected chi connectivity index (χ3v) is 5.32. The number of nitrogens with zero attached hydrogens (tertiary/aromatic N) is 1. The molecular formula is C21H33NO3. The van der Waals surface area contributed by atoms with Crippen molar-refractivity contribution >= 4 is 5.97 Å². The van der Waals surface area contributed by atoms with Crippen LogP contribution in [0.25, 0.3) is 0 Å². The van der Waals surface area contributed by atoms with E-state index in [1.54, 1.807) is 0 Å². The number of rotatable bonds is 7. The molecule has 0 amide bonds. The topological polar surface area (TPSA) is 38.8 Å². The van der Waals surface area contributed by atoms with E-state index < -0.39 is 0 Å². The van der Waals surface area contributed by atoms with E-state index in [2.05, 4.69) is 38.1 Å². The van der Waals surface area contributed by atoms with Crippen molar-refractivity contribution in [2.45, 2.75) is 63.6 Å². The van der Waals surface area contributed by atoms with Gasteiger partial charge in [-0.1, -0.05) is 37.3 Å². The molecule has 0 spiro atoms. The molecule has 1 aromatic rings. The number of carbonyl (C=O) groups is 1. The van der Waals surface area contributed by atoms with Crippen molar-refractivity contribution in [1.82, 2.24) is 4.90 Å². The van der Waals surface area contributed by atoms with Gasteiger partial charge in [0.25, 0.3) is 0 Å². The lowest BCUT2D eigenvalue weighted by atomic mass is 9.66. The van der Waals surface area contributed by atoms with Gasteiger partial charge >= 0.3 is 5.97 Å². The standard InChI is InChI=1S/C21H33NO3/c1-6-20(3)16-21(12-13-24-20,18-10-8-7-9-11-18)14-19(23)25-17(2)15-22(4)5/h7-11,17H,6,12-16H2,1-5H3/t17-,20+,21-/m0/s1. The van der Waals surface area contributed by atoms with Gasteiger partial charge in [0, 0.05) is 18.6 Å². The van der Waals surface area contributed by atoms with Crippen LogP contribution in [0.2, 0.25) is 0 Å². The molecule has 0 saturated carbocycles. The van der Waals surface area contributed by atoms with Crippen molar-refractivity contribution in [3.05, 3.63) is 35.9 Å². The molecule has 0 unspecified atom stereocenters. The minimum Gasteiger partial charge on any atom is -0.461 e. The highest BCUT2D eigenvalue weighted by Gasteiger charge is 2.45. The number of ether oxygens (including phenoxy) is 2.